The van der Waals surface area contributed by atoms with Crippen LogP contribution in [0.2, 0.25) is 10.0 Å². The van der Waals surface area contributed by atoms with Crippen molar-refractivity contribution in [3.05, 3.63) is 193 Å². The Morgan fingerprint density at radius 3 is 1.11 bits per heavy atom. The fourth-order valence-corrected chi connectivity index (χ4v) is 18.5. The van der Waals surface area contributed by atoms with E-state index in [-0.39, 0.29) is 0 Å². The van der Waals surface area contributed by atoms with Crippen LogP contribution in [0, 0.1) is 42.4 Å². The first kappa shape index (κ1) is 98.5. The molecular formula is C102H159Cl2F3N10. The van der Waals surface area contributed by atoms with Crippen LogP contribution in [0.25, 0.3) is 5.57 Å². The predicted molar refractivity (Wildman–Crippen MR) is 505 cm³/mol. The highest BCUT2D eigenvalue weighted by Crippen LogP contribution is 2.39. The van der Waals surface area contributed by atoms with Crippen LogP contribution < -0.4 is 19.6 Å². The monoisotopic (exact) mass is 1650 g/mol. The molecule has 0 aliphatic carbocycles. The van der Waals surface area contributed by atoms with Gasteiger partial charge in [0.2, 0.25) is 0 Å². The van der Waals surface area contributed by atoms with Crippen LogP contribution in [-0.4, -0.2) is 199 Å². The molecule has 0 unspecified atom stereocenters. The van der Waals surface area contributed by atoms with Crippen molar-refractivity contribution in [2.75, 3.05) is 177 Å². The zero-order valence-corrected chi connectivity index (χ0v) is 78.5. The van der Waals surface area contributed by atoms with Crippen molar-refractivity contribution in [2.45, 2.75) is 227 Å². The molecule has 0 bridgehead atoms. The van der Waals surface area contributed by atoms with E-state index in [4.69, 9.17) is 23.2 Å². The van der Waals surface area contributed by atoms with E-state index >= 15 is 0 Å². The second kappa shape index (κ2) is 50.1. The molecule has 0 spiro atoms. The molecule has 0 radical (unpaired) electrons. The van der Waals surface area contributed by atoms with Crippen LogP contribution in [0.15, 0.2) is 127 Å². The molecule has 652 valence electrons. The fraction of sp³-hybridized carbons (Fsp3) is 0.627. The molecule has 5 fully saturated rings. The second-order valence-electron chi connectivity index (χ2n) is 36.8. The Bertz CT molecular complexity index is 3600. The van der Waals surface area contributed by atoms with Gasteiger partial charge in [0.1, 0.15) is 0 Å². The summed E-state index contributed by atoms with van der Waals surface area (Å²) in [5.74, 6) is 4.57. The van der Waals surface area contributed by atoms with Crippen LogP contribution in [-0.2, 0) is 44.7 Å². The third kappa shape index (κ3) is 33.0. The average Bonchev–Trinajstić information content (AvgIpc) is 0.803. The van der Waals surface area contributed by atoms with Crippen LogP contribution >= 0.6 is 23.2 Å². The summed E-state index contributed by atoms with van der Waals surface area (Å²) in [6.45, 7) is 72.9. The van der Waals surface area contributed by atoms with E-state index in [9.17, 15) is 13.2 Å². The zero-order valence-electron chi connectivity index (χ0n) is 77.0. The lowest BCUT2D eigenvalue weighted by molar-refractivity contribution is -0.137. The van der Waals surface area contributed by atoms with Gasteiger partial charge in [-0.1, -0.05) is 227 Å². The van der Waals surface area contributed by atoms with E-state index in [0.717, 1.165) is 144 Å². The lowest BCUT2D eigenvalue weighted by Gasteiger charge is -2.45. The van der Waals surface area contributed by atoms with Gasteiger partial charge in [0.25, 0.3) is 0 Å². The smallest absolute Gasteiger partial charge is 0.369 e. The van der Waals surface area contributed by atoms with Gasteiger partial charge in [-0.15, -0.1) is 0 Å². The molecule has 5 saturated heterocycles. The number of nitrogens with zero attached hydrogens (tertiary/aromatic N) is 10. The lowest BCUT2D eigenvalue weighted by atomic mass is 9.88. The molecule has 2 atom stereocenters. The van der Waals surface area contributed by atoms with Gasteiger partial charge in [-0.25, -0.2) is 0 Å². The minimum atomic E-state index is -4.30. The molecule has 6 aliphatic heterocycles. The molecule has 6 heterocycles. The Kier molecular flexibility index (Phi) is 42.2. The number of piperazine rings is 4. The maximum atomic E-state index is 13.4. The van der Waals surface area contributed by atoms with Gasteiger partial charge in [-0.3, -0.25) is 9.80 Å². The number of hydrogen-bond acceptors (Lipinski definition) is 10. The number of aryl methyl sites for hydroxylation is 1. The van der Waals surface area contributed by atoms with Crippen LogP contribution in [0.1, 0.15) is 219 Å². The molecule has 6 aromatic carbocycles. The summed E-state index contributed by atoms with van der Waals surface area (Å²) in [6.07, 6.45) is 8.22. The maximum absolute atomic E-state index is 13.4. The first-order valence-corrected chi connectivity index (χ1v) is 46.7. The van der Waals surface area contributed by atoms with Crippen molar-refractivity contribution in [1.29, 1.82) is 0 Å². The maximum Gasteiger partial charge on any atom is 0.418 e. The minimum Gasteiger partial charge on any atom is -0.369 e. The Balaban J connectivity index is 0.000000194. The Morgan fingerprint density at radius 1 is 0.368 bits per heavy atom. The van der Waals surface area contributed by atoms with Crippen LogP contribution in [0.3, 0.4) is 0 Å². The molecule has 0 amide bonds. The number of benzene rings is 6. The molecule has 12 rings (SSSR count). The summed E-state index contributed by atoms with van der Waals surface area (Å²) in [7, 11) is 0. The molecule has 6 aliphatic rings. The van der Waals surface area contributed by atoms with Gasteiger partial charge in [-0.2, -0.15) is 13.2 Å². The van der Waals surface area contributed by atoms with Gasteiger partial charge < -0.3 is 39.2 Å². The highest BCUT2D eigenvalue weighted by atomic mass is 35.5. The molecule has 117 heavy (non-hydrogen) atoms. The first-order valence-electron chi connectivity index (χ1n) is 45.9. The third-order valence-corrected chi connectivity index (χ3v) is 25.0. The van der Waals surface area contributed by atoms with Gasteiger partial charge in [0, 0.05) is 139 Å². The molecule has 0 N–H and O–H groups in total. The van der Waals surface area contributed by atoms with Crippen LogP contribution in [0.5, 0.6) is 0 Å². The summed E-state index contributed by atoms with van der Waals surface area (Å²) >= 11 is 13.0. The lowest BCUT2D eigenvalue weighted by Crippen LogP contribution is -2.56. The largest absolute Gasteiger partial charge is 0.418 e. The normalized spacial score (nSPS) is 18.6. The van der Waals surface area contributed by atoms with Crippen molar-refractivity contribution >= 4 is 51.5 Å². The molecule has 0 saturated carbocycles. The third-order valence-electron chi connectivity index (χ3n) is 24.4. The standard InChI is InChI=1S/C18H30N2.C17H26ClN.C17H25F3N2.C17H28N2.C17H25N.C16H25ClN2/c1-6-20-15(4)12-19(13-16(20)5)18-9-7-17(8-10-18)11-14(2)3;1-4-19-9-7-15(8-10-19)16-6-5-14(11-13(2)3)12-17(16)18;1-4-21-7-9-22(10-8-21)16-6-5-14(11-13(2)3)12-15(16)17(18,19)20;1-5-18-8-10-19(11-9-18)17-7-6-16(12-14(2)3)13-15(17)4;1-4-18-11-9-17(10-12-18)16-7-5-15(6-8-16)13-14(2)3;1-4-18-7-9-19(10-8-18)16-6-5-14(11-13(2)3)12-15(16)17/h7-10,14-16H,6,11-13H2,1-5H3;5-6,12-13,15H,4,7-11H2,1-3H3;5-6,12-13H,4,7-11H2,1-3H3;6-7,13-14H,5,8-12H2,1-4H3;5-9,14H,4,10-13H2,1-3H3;5-6,12-13H,4,7-11H2,1-3H3/t15-,16+;;;;;. The Hall–Kier alpha value is -5.61. The number of anilines is 4. The van der Waals surface area contributed by atoms with E-state index in [1.807, 2.05) is 24.8 Å². The van der Waals surface area contributed by atoms with Crippen molar-refractivity contribution < 1.29 is 13.2 Å². The Morgan fingerprint density at radius 2 is 0.726 bits per heavy atom. The molecule has 6 aromatic rings. The average molecular weight is 1650 g/mol. The van der Waals surface area contributed by atoms with E-state index < -0.39 is 11.7 Å². The predicted octanol–water partition coefficient (Wildman–Crippen LogP) is 23.6. The number of alkyl halides is 3. The minimum absolute atomic E-state index is 0.329. The molecule has 10 nitrogen and oxygen atoms in total. The van der Waals surface area contributed by atoms with Gasteiger partial charge in [-0.05, 0) is 277 Å². The number of piperidine rings is 1. The zero-order chi connectivity index (χ0) is 85.5. The molecule has 15 heteroatoms. The fourth-order valence-electron chi connectivity index (χ4n) is 17.8. The summed E-state index contributed by atoms with van der Waals surface area (Å²) in [4.78, 5) is 24.2. The summed E-state index contributed by atoms with van der Waals surface area (Å²) in [6, 6.07) is 44.8. The molecule has 0 aromatic heterocycles. The quantitative estimate of drug-likeness (QED) is 0.0584. The van der Waals surface area contributed by atoms with Crippen molar-refractivity contribution in [3.8, 4) is 0 Å². The van der Waals surface area contributed by atoms with E-state index in [2.05, 4.69) is 285 Å². The number of halogens is 5. The number of hydrogen-bond donors (Lipinski definition) is 0. The topological polar surface area (TPSA) is 32.4 Å². The SMILES string of the molecule is CCN1CC=C(c2ccc(CC(C)C)cc2)CC1.CCN1CCC(c2ccc(CC(C)C)cc2Cl)CC1.CCN1CCN(c2ccc(CC(C)C)cc2C(F)(F)F)CC1.CCN1CCN(c2ccc(CC(C)C)cc2C)CC1.CCN1CCN(c2ccc(CC(C)C)cc2Cl)CC1.CCN1[C@H](C)CN(c2ccc(CC(C)C)cc2)C[C@@H]1C. The number of likely N-dealkylation sites (N-methyl/N-ethyl adjacent to an activating group) is 5. The number of likely N-dealkylation sites (tertiary alicyclic amines) is 1. The van der Waals surface area contributed by atoms with Crippen molar-refractivity contribution in [2.24, 2.45) is 35.5 Å². The summed E-state index contributed by atoms with van der Waals surface area (Å²) in [5, 5.41) is 1.89. The van der Waals surface area contributed by atoms with Crippen LogP contribution in [0.4, 0.5) is 35.9 Å². The highest BCUT2D eigenvalue weighted by molar-refractivity contribution is 6.33. The summed E-state index contributed by atoms with van der Waals surface area (Å²) < 4.78 is 40.3. The van der Waals surface area contributed by atoms with Gasteiger partial charge >= 0.3 is 6.18 Å². The summed E-state index contributed by atoms with van der Waals surface area (Å²) in [5.41, 5.74) is 17.5. The van der Waals surface area contributed by atoms with Crippen molar-refractivity contribution in [1.82, 2.24) is 29.4 Å². The first-order chi connectivity index (χ1) is 55.8. The molecular weight excluding hydrogens is 1490 g/mol. The second-order valence-corrected chi connectivity index (χ2v) is 37.7. The highest BCUT2D eigenvalue weighted by Gasteiger charge is 2.36. The van der Waals surface area contributed by atoms with Gasteiger partial charge in [0.15, 0.2) is 0 Å². The van der Waals surface area contributed by atoms with Crippen molar-refractivity contribution in [3.63, 3.8) is 0 Å². The van der Waals surface area contributed by atoms with E-state index in [1.54, 1.807) is 6.07 Å². The Labute approximate surface area is 722 Å². The van der Waals surface area contributed by atoms with E-state index in [0.29, 0.717) is 61.0 Å². The van der Waals surface area contributed by atoms with E-state index in [1.165, 1.54) is 158 Å². The number of rotatable bonds is 24. The van der Waals surface area contributed by atoms with Gasteiger partial charge in [0.05, 0.1) is 16.3 Å².